The molecule has 2 rings (SSSR count). The number of hydrogen-bond acceptors (Lipinski definition) is 3. The monoisotopic (exact) mass is 361 g/mol. The summed E-state index contributed by atoms with van der Waals surface area (Å²) in [6.07, 6.45) is 0.345. The van der Waals surface area contributed by atoms with Crippen LogP contribution in [0.25, 0.3) is 0 Å². The molecule has 5 heteroatoms. The molecule has 0 saturated heterocycles. The van der Waals surface area contributed by atoms with Gasteiger partial charge in [-0.2, -0.15) is 0 Å². The van der Waals surface area contributed by atoms with Crippen LogP contribution < -0.4 is 5.32 Å². The van der Waals surface area contributed by atoms with E-state index in [0.717, 1.165) is 16.7 Å². The molecule has 0 unspecified atom stereocenters. The molecule has 0 aromatic heterocycles. The first kappa shape index (κ1) is 19.4. The highest BCUT2D eigenvalue weighted by atomic mass is 35.5. The molecule has 0 atom stereocenters. The van der Waals surface area contributed by atoms with Gasteiger partial charge >= 0.3 is 0 Å². The molecule has 2 aromatic carbocycles. The van der Waals surface area contributed by atoms with Gasteiger partial charge in [0, 0.05) is 18.2 Å². The van der Waals surface area contributed by atoms with Gasteiger partial charge < -0.3 is 14.8 Å². The Morgan fingerprint density at radius 3 is 2.48 bits per heavy atom. The minimum absolute atomic E-state index is 0.0133. The SMILES string of the molecule is CCOCCOCc1cccc(CNC(=O)Cc2ccc(Cl)cc2)c1. The summed E-state index contributed by atoms with van der Waals surface area (Å²) < 4.78 is 10.8. The summed E-state index contributed by atoms with van der Waals surface area (Å²) in [7, 11) is 0. The van der Waals surface area contributed by atoms with Crippen molar-refractivity contribution < 1.29 is 14.3 Å². The Morgan fingerprint density at radius 1 is 1.00 bits per heavy atom. The minimum atomic E-state index is -0.0133. The van der Waals surface area contributed by atoms with Crippen molar-refractivity contribution in [2.45, 2.75) is 26.5 Å². The zero-order valence-electron chi connectivity index (χ0n) is 14.5. The predicted molar refractivity (Wildman–Crippen MR) is 99.6 cm³/mol. The van der Waals surface area contributed by atoms with Crippen LogP contribution in [-0.2, 0) is 33.8 Å². The van der Waals surface area contributed by atoms with Crippen LogP contribution in [0.3, 0.4) is 0 Å². The molecule has 0 radical (unpaired) electrons. The lowest BCUT2D eigenvalue weighted by Gasteiger charge is -2.08. The van der Waals surface area contributed by atoms with Crippen molar-refractivity contribution in [1.29, 1.82) is 0 Å². The van der Waals surface area contributed by atoms with E-state index < -0.39 is 0 Å². The topological polar surface area (TPSA) is 47.6 Å². The molecule has 1 N–H and O–H groups in total. The standard InChI is InChI=1S/C20H24ClNO3/c1-2-24-10-11-25-15-18-5-3-4-17(12-18)14-22-20(23)13-16-6-8-19(21)9-7-16/h3-9,12H,2,10-11,13-15H2,1H3,(H,22,23). The second-order valence-corrected chi connectivity index (χ2v) is 6.09. The highest BCUT2D eigenvalue weighted by molar-refractivity contribution is 6.30. The number of halogens is 1. The van der Waals surface area contributed by atoms with Crippen molar-refractivity contribution in [3.05, 3.63) is 70.2 Å². The summed E-state index contributed by atoms with van der Waals surface area (Å²) in [5, 5.41) is 3.61. The molecule has 0 aliphatic carbocycles. The number of hydrogen-bond donors (Lipinski definition) is 1. The van der Waals surface area contributed by atoms with E-state index in [0.29, 0.717) is 44.4 Å². The van der Waals surface area contributed by atoms with Gasteiger partial charge in [-0.3, -0.25) is 4.79 Å². The van der Waals surface area contributed by atoms with Crippen molar-refractivity contribution in [3.63, 3.8) is 0 Å². The quantitative estimate of drug-likeness (QED) is 0.655. The Morgan fingerprint density at radius 2 is 1.72 bits per heavy atom. The summed E-state index contributed by atoms with van der Waals surface area (Å²) in [5.74, 6) is -0.0133. The Balaban J connectivity index is 1.75. The molecular weight excluding hydrogens is 338 g/mol. The molecule has 0 spiro atoms. The third kappa shape index (κ3) is 7.69. The van der Waals surface area contributed by atoms with E-state index in [1.54, 1.807) is 12.1 Å². The van der Waals surface area contributed by atoms with Crippen molar-refractivity contribution in [1.82, 2.24) is 5.32 Å². The van der Waals surface area contributed by atoms with Crippen molar-refractivity contribution in [2.75, 3.05) is 19.8 Å². The van der Waals surface area contributed by atoms with E-state index in [2.05, 4.69) is 5.32 Å². The van der Waals surface area contributed by atoms with Crippen LogP contribution in [0.1, 0.15) is 23.6 Å². The van der Waals surface area contributed by atoms with Gasteiger partial charge in [0.15, 0.2) is 0 Å². The number of ether oxygens (including phenoxy) is 2. The number of amides is 1. The normalized spacial score (nSPS) is 10.6. The van der Waals surface area contributed by atoms with Gasteiger partial charge in [-0.15, -0.1) is 0 Å². The van der Waals surface area contributed by atoms with Gasteiger partial charge in [-0.1, -0.05) is 48.0 Å². The van der Waals surface area contributed by atoms with E-state index in [-0.39, 0.29) is 5.91 Å². The van der Waals surface area contributed by atoms with Gasteiger partial charge in [0.05, 0.1) is 26.2 Å². The lowest BCUT2D eigenvalue weighted by molar-refractivity contribution is -0.120. The summed E-state index contributed by atoms with van der Waals surface area (Å²) in [6.45, 7) is 4.89. The first-order valence-electron chi connectivity index (χ1n) is 8.42. The van der Waals surface area contributed by atoms with Crippen molar-refractivity contribution in [3.8, 4) is 0 Å². The maximum atomic E-state index is 12.0. The van der Waals surface area contributed by atoms with Gasteiger partial charge in [-0.25, -0.2) is 0 Å². The Kier molecular flexibility index (Phi) is 8.46. The molecule has 2 aromatic rings. The summed E-state index contributed by atoms with van der Waals surface area (Å²) in [6, 6.07) is 15.3. The van der Waals surface area contributed by atoms with Crippen LogP contribution in [0.5, 0.6) is 0 Å². The average Bonchev–Trinajstić information content (AvgIpc) is 2.62. The third-order valence-corrected chi connectivity index (χ3v) is 3.86. The van der Waals surface area contributed by atoms with Gasteiger partial charge in [0.25, 0.3) is 0 Å². The molecule has 25 heavy (non-hydrogen) atoms. The highest BCUT2D eigenvalue weighted by Gasteiger charge is 2.04. The first-order valence-corrected chi connectivity index (χ1v) is 8.79. The van der Waals surface area contributed by atoms with Gasteiger partial charge in [-0.05, 0) is 35.7 Å². The molecule has 0 aliphatic heterocycles. The average molecular weight is 362 g/mol. The van der Waals surface area contributed by atoms with Gasteiger partial charge in [0.1, 0.15) is 0 Å². The molecule has 4 nitrogen and oxygen atoms in total. The lowest BCUT2D eigenvalue weighted by Crippen LogP contribution is -2.24. The molecule has 134 valence electrons. The molecular formula is C20H24ClNO3. The van der Waals surface area contributed by atoms with Crippen LogP contribution in [0, 0.1) is 0 Å². The van der Waals surface area contributed by atoms with Crippen LogP contribution in [0.2, 0.25) is 5.02 Å². The fourth-order valence-electron chi connectivity index (χ4n) is 2.33. The lowest BCUT2D eigenvalue weighted by atomic mass is 10.1. The molecule has 0 bridgehead atoms. The molecule has 0 aliphatic rings. The second-order valence-electron chi connectivity index (χ2n) is 5.65. The van der Waals surface area contributed by atoms with Crippen LogP contribution >= 0.6 is 11.6 Å². The number of benzene rings is 2. The predicted octanol–water partition coefficient (Wildman–Crippen LogP) is 3.75. The number of nitrogens with one attached hydrogen (secondary N) is 1. The van der Waals surface area contributed by atoms with Crippen LogP contribution in [0.4, 0.5) is 0 Å². The first-order chi connectivity index (χ1) is 12.2. The number of carbonyl (C=O) groups excluding carboxylic acids is 1. The van der Waals surface area contributed by atoms with Crippen LogP contribution in [0.15, 0.2) is 48.5 Å². The third-order valence-electron chi connectivity index (χ3n) is 3.60. The molecule has 0 heterocycles. The highest BCUT2D eigenvalue weighted by Crippen LogP contribution is 2.10. The van der Waals surface area contributed by atoms with Crippen LogP contribution in [-0.4, -0.2) is 25.7 Å². The maximum Gasteiger partial charge on any atom is 0.224 e. The van der Waals surface area contributed by atoms with E-state index >= 15 is 0 Å². The minimum Gasteiger partial charge on any atom is -0.379 e. The summed E-state index contributed by atoms with van der Waals surface area (Å²) >= 11 is 5.85. The van der Waals surface area contributed by atoms with E-state index in [1.807, 2.05) is 43.3 Å². The zero-order chi connectivity index (χ0) is 17.9. The van der Waals surface area contributed by atoms with Crippen molar-refractivity contribution >= 4 is 17.5 Å². The molecule has 0 fully saturated rings. The van der Waals surface area contributed by atoms with E-state index in [1.165, 1.54) is 0 Å². The smallest absolute Gasteiger partial charge is 0.224 e. The summed E-state index contributed by atoms with van der Waals surface area (Å²) in [5.41, 5.74) is 3.08. The Labute approximate surface area is 154 Å². The second kappa shape index (κ2) is 10.9. The maximum absolute atomic E-state index is 12.0. The molecule has 1 amide bonds. The van der Waals surface area contributed by atoms with E-state index in [9.17, 15) is 4.79 Å². The fourth-order valence-corrected chi connectivity index (χ4v) is 2.46. The van der Waals surface area contributed by atoms with E-state index in [4.69, 9.17) is 21.1 Å². The fraction of sp³-hybridized carbons (Fsp3) is 0.350. The largest absolute Gasteiger partial charge is 0.379 e. The molecule has 0 saturated carbocycles. The number of rotatable bonds is 10. The zero-order valence-corrected chi connectivity index (χ0v) is 15.2. The Bertz CT molecular complexity index is 658. The number of carbonyl (C=O) groups is 1. The van der Waals surface area contributed by atoms with Gasteiger partial charge in [0.2, 0.25) is 5.91 Å². The summed E-state index contributed by atoms with van der Waals surface area (Å²) in [4.78, 5) is 12.0. The Hall–Kier alpha value is -1.88. The van der Waals surface area contributed by atoms with Crippen molar-refractivity contribution in [2.24, 2.45) is 0 Å².